The number of aromatic amines is 1. The molecule has 0 aliphatic carbocycles. The summed E-state index contributed by atoms with van der Waals surface area (Å²) in [7, 11) is 0. The first-order chi connectivity index (χ1) is 8.78. The molecule has 9 heteroatoms. The largest absolute Gasteiger partial charge is 0.441 e. The van der Waals surface area contributed by atoms with Crippen molar-refractivity contribution in [2.45, 2.75) is 12.1 Å². The van der Waals surface area contributed by atoms with Crippen LogP contribution in [0.4, 0.5) is 17.6 Å². The molecule has 0 fully saturated rings. The number of H-pyrrole nitrogens is 1. The summed E-state index contributed by atoms with van der Waals surface area (Å²) in [5, 5.41) is 0. The van der Waals surface area contributed by atoms with Crippen LogP contribution in [0.3, 0.4) is 0 Å². The molecule has 0 bridgehead atoms. The second kappa shape index (κ2) is 5.45. The lowest BCUT2D eigenvalue weighted by molar-refractivity contribution is -0.0328. The molecule has 2 aromatic rings. The first kappa shape index (κ1) is 14.9. The lowest BCUT2D eigenvalue weighted by Gasteiger charge is -2.07. The third kappa shape index (κ3) is 3.51. The van der Waals surface area contributed by atoms with E-state index in [1.165, 1.54) is 16.7 Å². The van der Waals surface area contributed by atoms with Gasteiger partial charge in [-0.25, -0.2) is 4.39 Å². The van der Waals surface area contributed by atoms with Crippen LogP contribution in [0.15, 0.2) is 16.6 Å². The van der Waals surface area contributed by atoms with Crippen molar-refractivity contribution < 1.29 is 17.6 Å². The first-order valence-electron chi connectivity index (χ1n) is 5.06. The molecule has 0 unspecified atom stereocenters. The average Bonchev–Trinajstić information content (AvgIpc) is 2.55. The number of aryl methyl sites for hydroxylation is 1. The average molecular weight is 375 g/mol. The van der Waals surface area contributed by atoms with E-state index >= 15 is 0 Å². The maximum atomic E-state index is 13.5. The lowest BCUT2D eigenvalue weighted by Crippen LogP contribution is -2.07. The molecule has 0 atom stereocenters. The number of benzene rings is 1. The second-order valence-corrected chi connectivity index (χ2v) is 6.06. The Morgan fingerprint density at radius 2 is 2.05 bits per heavy atom. The van der Waals surface area contributed by atoms with Crippen LogP contribution >= 0.6 is 39.9 Å². The molecule has 0 amide bonds. The topological polar surface area (TPSA) is 20.7 Å². The molecular weight excluding hydrogens is 368 g/mol. The van der Waals surface area contributed by atoms with Crippen LogP contribution in [0.5, 0.6) is 0 Å². The summed E-state index contributed by atoms with van der Waals surface area (Å²) in [5.41, 5.74) is -3.24. The van der Waals surface area contributed by atoms with E-state index in [1.54, 1.807) is 0 Å². The zero-order valence-electron chi connectivity index (χ0n) is 9.22. The van der Waals surface area contributed by atoms with Gasteiger partial charge in [-0.1, -0.05) is 0 Å². The molecule has 0 saturated carbocycles. The van der Waals surface area contributed by atoms with E-state index in [9.17, 15) is 17.6 Å². The molecule has 1 heterocycles. The molecule has 0 saturated heterocycles. The monoisotopic (exact) mass is 374 g/mol. The highest BCUT2D eigenvalue weighted by molar-refractivity contribution is 9.10. The van der Waals surface area contributed by atoms with E-state index in [2.05, 4.69) is 20.9 Å². The SMILES string of the molecule is Fc1cc2c(cc1Br)[nH]c(=S)n2CCSC(F)(F)F. The molecule has 2 nitrogen and oxygen atoms in total. The smallest absolute Gasteiger partial charge is 0.331 e. The Hall–Kier alpha value is -0.540. The lowest BCUT2D eigenvalue weighted by atomic mass is 10.3. The summed E-state index contributed by atoms with van der Waals surface area (Å²) in [5.74, 6) is -0.665. The van der Waals surface area contributed by atoms with Gasteiger partial charge in [-0.15, -0.1) is 0 Å². The Morgan fingerprint density at radius 3 is 2.68 bits per heavy atom. The number of nitrogens with one attached hydrogen (secondary N) is 1. The summed E-state index contributed by atoms with van der Waals surface area (Å²) >= 11 is 7.94. The van der Waals surface area contributed by atoms with Crippen molar-refractivity contribution in [3.63, 3.8) is 0 Å². The molecule has 0 radical (unpaired) electrons. The van der Waals surface area contributed by atoms with Crippen LogP contribution in [0.1, 0.15) is 0 Å². The maximum absolute atomic E-state index is 13.5. The van der Waals surface area contributed by atoms with Gasteiger partial charge in [0, 0.05) is 18.4 Å². The van der Waals surface area contributed by atoms with Crippen LogP contribution < -0.4 is 0 Å². The standard InChI is InChI=1S/C10H7BrF4N2S2/c11-5-3-7-8(4-6(5)12)17(9(18)16-7)1-2-19-10(13,14)15/h3-4H,1-2H2,(H,16,18). The van der Waals surface area contributed by atoms with Gasteiger partial charge in [0.1, 0.15) is 5.82 Å². The second-order valence-electron chi connectivity index (χ2n) is 3.66. The molecule has 1 aromatic heterocycles. The molecule has 0 aliphatic rings. The fourth-order valence-corrected chi connectivity index (χ4v) is 2.77. The third-order valence-corrected chi connectivity index (χ3v) is 4.04. The molecule has 19 heavy (non-hydrogen) atoms. The number of halogens is 5. The van der Waals surface area contributed by atoms with E-state index in [1.807, 2.05) is 0 Å². The number of thioether (sulfide) groups is 1. The number of imidazole rings is 1. The van der Waals surface area contributed by atoms with E-state index in [0.717, 1.165) is 0 Å². The van der Waals surface area contributed by atoms with Gasteiger partial charge in [0.2, 0.25) is 0 Å². The van der Waals surface area contributed by atoms with Gasteiger partial charge in [0.15, 0.2) is 4.77 Å². The van der Waals surface area contributed by atoms with Gasteiger partial charge < -0.3 is 9.55 Å². The van der Waals surface area contributed by atoms with Crippen LogP contribution in [-0.4, -0.2) is 20.8 Å². The summed E-state index contributed by atoms with van der Waals surface area (Å²) in [6.45, 7) is 0.0596. The molecule has 104 valence electrons. The fraction of sp³-hybridized carbons (Fsp3) is 0.300. The minimum atomic E-state index is -4.28. The van der Waals surface area contributed by atoms with Crippen LogP contribution in [0.25, 0.3) is 11.0 Å². The van der Waals surface area contributed by atoms with Crippen molar-refractivity contribution in [2.24, 2.45) is 0 Å². The van der Waals surface area contributed by atoms with Gasteiger partial charge >= 0.3 is 5.51 Å². The van der Waals surface area contributed by atoms with Crippen molar-refractivity contribution in [2.75, 3.05) is 5.75 Å². The maximum Gasteiger partial charge on any atom is 0.441 e. The van der Waals surface area contributed by atoms with Gasteiger partial charge in [0.25, 0.3) is 0 Å². The highest BCUT2D eigenvalue weighted by Crippen LogP contribution is 2.30. The number of fused-ring (bicyclic) bond motifs is 1. The number of nitrogens with zero attached hydrogens (tertiary/aromatic N) is 1. The van der Waals surface area contributed by atoms with E-state index in [-0.39, 0.29) is 33.3 Å². The van der Waals surface area contributed by atoms with Crippen molar-refractivity contribution in [1.29, 1.82) is 0 Å². The van der Waals surface area contributed by atoms with Crippen molar-refractivity contribution in [1.82, 2.24) is 9.55 Å². The highest BCUT2D eigenvalue weighted by Gasteiger charge is 2.27. The van der Waals surface area contributed by atoms with Gasteiger partial charge in [0.05, 0.1) is 15.5 Å². The molecule has 1 N–H and O–H groups in total. The molecule has 2 rings (SSSR count). The van der Waals surface area contributed by atoms with Crippen molar-refractivity contribution in [3.05, 3.63) is 27.2 Å². The normalized spacial score (nSPS) is 12.3. The van der Waals surface area contributed by atoms with E-state index in [0.29, 0.717) is 11.0 Å². The van der Waals surface area contributed by atoms with Gasteiger partial charge in [-0.3, -0.25) is 0 Å². The molecule has 0 spiro atoms. The highest BCUT2D eigenvalue weighted by atomic mass is 79.9. The molecular formula is C10H7BrF4N2S2. The number of rotatable bonds is 3. The zero-order valence-corrected chi connectivity index (χ0v) is 12.4. The van der Waals surface area contributed by atoms with Crippen LogP contribution in [-0.2, 0) is 6.54 Å². The third-order valence-electron chi connectivity index (χ3n) is 2.40. The van der Waals surface area contributed by atoms with Gasteiger partial charge in [-0.05, 0) is 46.0 Å². The summed E-state index contributed by atoms with van der Waals surface area (Å²) in [4.78, 5) is 2.83. The number of hydrogen-bond acceptors (Lipinski definition) is 2. The zero-order chi connectivity index (χ0) is 14.2. The van der Waals surface area contributed by atoms with Crippen LogP contribution in [0.2, 0.25) is 0 Å². The number of aromatic nitrogens is 2. The Morgan fingerprint density at radius 1 is 1.37 bits per heavy atom. The molecule has 1 aromatic carbocycles. The minimum Gasteiger partial charge on any atom is -0.331 e. The molecule has 0 aliphatic heterocycles. The predicted octanol–water partition coefficient (Wildman–Crippen LogP) is 4.85. The van der Waals surface area contributed by atoms with Crippen molar-refractivity contribution >= 4 is 50.9 Å². The number of alkyl halides is 3. The fourth-order valence-electron chi connectivity index (χ4n) is 1.63. The Kier molecular flexibility index (Phi) is 4.26. The van der Waals surface area contributed by atoms with Crippen molar-refractivity contribution in [3.8, 4) is 0 Å². The predicted molar refractivity (Wildman–Crippen MR) is 73.3 cm³/mol. The quantitative estimate of drug-likeness (QED) is 0.611. The Labute approximate surface area is 123 Å². The van der Waals surface area contributed by atoms with E-state index < -0.39 is 11.3 Å². The van der Waals surface area contributed by atoms with Crippen LogP contribution in [0, 0.1) is 10.6 Å². The van der Waals surface area contributed by atoms with E-state index in [4.69, 9.17) is 12.2 Å². The Bertz CT molecular complexity index is 662. The minimum absolute atomic E-state index is 0.0596. The summed E-state index contributed by atoms with van der Waals surface area (Å²) in [6, 6.07) is 2.75. The summed E-state index contributed by atoms with van der Waals surface area (Å²) < 4.78 is 51.7. The summed E-state index contributed by atoms with van der Waals surface area (Å²) in [6.07, 6.45) is 0. The van der Waals surface area contributed by atoms with Gasteiger partial charge in [-0.2, -0.15) is 13.2 Å². The first-order valence-corrected chi connectivity index (χ1v) is 7.25. The Balaban J connectivity index is 2.30. The number of hydrogen-bond donors (Lipinski definition) is 1.